The lowest BCUT2D eigenvalue weighted by Crippen LogP contribution is -2.47. The van der Waals surface area contributed by atoms with Gasteiger partial charge < -0.3 is 16.2 Å². The third-order valence-electron chi connectivity index (χ3n) is 4.66. The van der Waals surface area contributed by atoms with E-state index in [1.165, 1.54) is 0 Å². The zero-order valence-electron chi connectivity index (χ0n) is 16.5. The summed E-state index contributed by atoms with van der Waals surface area (Å²) in [5, 5.41) is 16.0. The maximum Gasteiger partial charge on any atom is 0.303 e. The Hall–Kier alpha value is -3.16. The molecule has 0 bridgehead atoms. The molecule has 0 saturated carbocycles. The second kappa shape index (κ2) is 8.69. The summed E-state index contributed by atoms with van der Waals surface area (Å²) in [6.07, 6.45) is 0.459. The van der Waals surface area contributed by atoms with Crippen LogP contribution in [0.3, 0.4) is 0 Å². The number of carbonyl (C=O) groups is 3. The summed E-state index contributed by atoms with van der Waals surface area (Å²) in [5.74, 6) is -1.91. The van der Waals surface area contributed by atoms with Gasteiger partial charge in [0, 0.05) is 17.7 Å². The number of nitrogens with two attached hydrogens (primary N) is 1. The lowest BCUT2D eigenvalue weighted by Gasteiger charge is -2.19. The number of aryl methyl sites for hydroxylation is 1. The molecule has 28 heavy (non-hydrogen) atoms. The molecule has 2 amide bonds. The SMILES string of the molecule is Cc1nn(-c2ccc(C(=O)NC(C(N)=O)C(C)C)cc2)c(C)c1CCC(=O)O. The fourth-order valence-electron chi connectivity index (χ4n) is 3.07. The van der Waals surface area contributed by atoms with Crippen LogP contribution in [0.15, 0.2) is 24.3 Å². The van der Waals surface area contributed by atoms with E-state index in [0.29, 0.717) is 12.0 Å². The molecule has 0 aliphatic heterocycles. The molecule has 1 unspecified atom stereocenters. The van der Waals surface area contributed by atoms with Crippen molar-refractivity contribution in [2.75, 3.05) is 0 Å². The molecule has 8 nitrogen and oxygen atoms in total. The number of nitrogens with zero attached hydrogens (tertiary/aromatic N) is 2. The van der Waals surface area contributed by atoms with Gasteiger partial charge in [0.1, 0.15) is 6.04 Å². The molecule has 1 aromatic heterocycles. The van der Waals surface area contributed by atoms with Crippen LogP contribution in [0.2, 0.25) is 0 Å². The standard InChI is InChI=1S/C20H26N4O4/c1-11(2)18(19(21)27)22-20(28)14-5-7-15(8-6-14)24-13(4)16(12(3)23-24)9-10-17(25)26/h5-8,11,18H,9-10H2,1-4H3,(H2,21,27)(H,22,28)(H,25,26). The summed E-state index contributed by atoms with van der Waals surface area (Å²) >= 11 is 0. The second-order valence-corrected chi connectivity index (χ2v) is 7.10. The van der Waals surface area contributed by atoms with Gasteiger partial charge >= 0.3 is 5.97 Å². The Labute approximate surface area is 163 Å². The summed E-state index contributed by atoms with van der Waals surface area (Å²) in [6.45, 7) is 7.35. The highest BCUT2D eigenvalue weighted by Gasteiger charge is 2.22. The smallest absolute Gasteiger partial charge is 0.303 e. The highest BCUT2D eigenvalue weighted by atomic mass is 16.4. The minimum absolute atomic E-state index is 0.0450. The molecule has 2 aromatic rings. The van der Waals surface area contributed by atoms with Crippen LogP contribution in [0, 0.1) is 19.8 Å². The largest absolute Gasteiger partial charge is 0.481 e. The highest BCUT2D eigenvalue weighted by molar-refractivity contribution is 5.97. The molecule has 150 valence electrons. The van der Waals surface area contributed by atoms with Crippen LogP contribution >= 0.6 is 0 Å². The Morgan fingerprint density at radius 1 is 1.18 bits per heavy atom. The van der Waals surface area contributed by atoms with E-state index in [4.69, 9.17) is 10.8 Å². The Morgan fingerprint density at radius 3 is 2.29 bits per heavy atom. The van der Waals surface area contributed by atoms with Gasteiger partial charge in [0.25, 0.3) is 5.91 Å². The number of rotatable bonds is 8. The maximum absolute atomic E-state index is 12.4. The monoisotopic (exact) mass is 386 g/mol. The minimum Gasteiger partial charge on any atom is -0.481 e. The molecular weight excluding hydrogens is 360 g/mol. The number of carbonyl (C=O) groups excluding carboxylic acids is 2. The fraction of sp³-hybridized carbons (Fsp3) is 0.400. The lowest BCUT2D eigenvalue weighted by atomic mass is 10.0. The molecular formula is C20H26N4O4. The number of benzene rings is 1. The van der Waals surface area contributed by atoms with Gasteiger partial charge in [-0.3, -0.25) is 14.4 Å². The first-order valence-corrected chi connectivity index (χ1v) is 9.09. The van der Waals surface area contributed by atoms with E-state index in [1.54, 1.807) is 28.9 Å². The van der Waals surface area contributed by atoms with E-state index in [0.717, 1.165) is 22.6 Å². The summed E-state index contributed by atoms with van der Waals surface area (Å²) in [6, 6.07) is 6.07. The molecule has 2 rings (SSSR count). The summed E-state index contributed by atoms with van der Waals surface area (Å²) in [5.41, 5.74) is 9.06. The van der Waals surface area contributed by atoms with Gasteiger partial charge in [-0.15, -0.1) is 0 Å². The van der Waals surface area contributed by atoms with E-state index in [9.17, 15) is 14.4 Å². The van der Waals surface area contributed by atoms with Crippen LogP contribution in [0.1, 0.15) is 47.6 Å². The molecule has 8 heteroatoms. The van der Waals surface area contributed by atoms with Crippen molar-refractivity contribution in [3.05, 3.63) is 46.8 Å². The first-order valence-electron chi connectivity index (χ1n) is 9.09. The Bertz CT molecular complexity index is 884. The van der Waals surface area contributed by atoms with Gasteiger partial charge in [0.05, 0.1) is 11.4 Å². The first kappa shape index (κ1) is 21.1. The van der Waals surface area contributed by atoms with Crippen molar-refractivity contribution in [3.63, 3.8) is 0 Å². The number of primary amides is 1. The van der Waals surface area contributed by atoms with Gasteiger partial charge in [0.15, 0.2) is 0 Å². The molecule has 0 aliphatic rings. The quantitative estimate of drug-likeness (QED) is 0.637. The van der Waals surface area contributed by atoms with Crippen LogP contribution in [0.4, 0.5) is 0 Å². The molecule has 0 aliphatic carbocycles. The van der Waals surface area contributed by atoms with Crippen molar-refractivity contribution >= 4 is 17.8 Å². The number of aromatic nitrogens is 2. The van der Waals surface area contributed by atoms with Crippen LogP contribution in [0.25, 0.3) is 5.69 Å². The van der Waals surface area contributed by atoms with Crippen molar-refractivity contribution in [2.45, 2.75) is 46.6 Å². The highest BCUT2D eigenvalue weighted by Crippen LogP contribution is 2.20. The predicted octanol–water partition coefficient (Wildman–Crippen LogP) is 1.75. The topological polar surface area (TPSA) is 127 Å². The number of carboxylic acid groups (broad SMARTS) is 1. The number of nitrogens with one attached hydrogen (secondary N) is 1. The predicted molar refractivity (Wildman–Crippen MR) is 104 cm³/mol. The lowest BCUT2D eigenvalue weighted by molar-refractivity contribution is -0.137. The normalized spacial score (nSPS) is 12.0. The van der Waals surface area contributed by atoms with E-state index >= 15 is 0 Å². The Kier molecular flexibility index (Phi) is 6.56. The van der Waals surface area contributed by atoms with Crippen LogP contribution < -0.4 is 11.1 Å². The van der Waals surface area contributed by atoms with Gasteiger partial charge in [-0.25, -0.2) is 4.68 Å². The van der Waals surface area contributed by atoms with Crippen molar-refractivity contribution in [3.8, 4) is 5.69 Å². The average Bonchev–Trinajstić information content (AvgIpc) is 2.91. The van der Waals surface area contributed by atoms with Crippen LogP contribution in [-0.2, 0) is 16.0 Å². The summed E-state index contributed by atoms with van der Waals surface area (Å²) < 4.78 is 1.73. The van der Waals surface area contributed by atoms with Gasteiger partial charge in [-0.1, -0.05) is 13.8 Å². The molecule has 1 heterocycles. The van der Waals surface area contributed by atoms with Crippen molar-refractivity contribution in [1.29, 1.82) is 0 Å². The molecule has 0 fully saturated rings. The van der Waals surface area contributed by atoms with Crippen molar-refractivity contribution in [1.82, 2.24) is 15.1 Å². The van der Waals surface area contributed by atoms with Crippen LogP contribution in [0.5, 0.6) is 0 Å². The molecule has 1 aromatic carbocycles. The van der Waals surface area contributed by atoms with Crippen LogP contribution in [-0.4, -0.2) is 38.7 Å². The first-order chi connectivity index (χ1) is 13.1. The molecule has 1 atom stereocenters. The zero-order chi connectivity index (χ0) is 21.0. The molecule has 4 N–H and O–H groups in total. The van der Waals surface area contributed by atoms with E-state index in [-0.39, 0.29) is 18.2 Å². The van der Waals surface area contributed by atoms with Crippen molar-refractivity contribution < 1.29 is 19.5 Å². The number of hydrogen-bond donors (Lipinski definition) is 3. The molecule has 0 saturated heterocycles. The maximum atomic E-state index is 12.4. The minimum atomic E-state index is -0.849. The fourth-order valence-corrected chi connectivity index (χ4v) is 3.07. The molecule has 0 radical (unpaired) electrons. The summed E-state index contributed by atoms with van der Waals surface area (Å²) in [4.78, 5) is 34.7. The zero-order valence-corrected chi connectivity index (χ0v) is 16.5. The number of aliphatic carboxylic acids is 1. The average molecular weight is 386 g/mol. The van der Waals surface area contributed by atoms with Gasteiger partial charge in [-0.05, 0) is 56.0 Å². The van der Waals surface area contributed by atoms with E-state index < -0.39 is 17.9 Å². The molecule has 0 spiro atoms. The van der Waals surface area contributed by atoms with E-state index in [1.807, 2.05) is 27.7 Å². The van der Waals surface area contributed by atoms with Gasteiger partial charge in [0.2, 0.25) is 5.91 Å². The Morgan fingerprint density at radius 2 is 1.79 bits per heavy atom. The number of hydrogen-bond acceptors (Lipinski definition) is 4. The van der Waals surface area contributed by atoms with E-state index in [2.05, 4.69) is 10.4 Å². The third kappa shape index (κ3) is 4.76. The number of carboxylic acids is 1. The number of amides is 2. The van der Waals surface area contributed by atoms with Crippen molar-refractivity contribution in [2.24, 2.45) is 11.7 Å². The Balaban J connectivity index is 2.21. The summed E-state index contributed by atoms with van der Waals surface area (Å²) in [7, 11) is 0. The third-order valence-corrected chi connectivity index (χ3v) is 4.66. The van der Waals surface area contributed by atoms with Gasteiger partial charge in [-0.2, -0.15) is 5.10 Å². The second-order valence-electron chi connectivity index (χ2n) is 7.10.